The normalized spacial score (nSPS) is 11.3. The van der Waals surface area contributed by atoms with Gasteiger partial charge in [0.25, 0.3) is 0 Å². The molecule has 0 aliphatic rings. The number of rotatable bonds is 9. The summed E-state index contributed by atoms with van der Waals surface area (Å²) in [6, 6.07) is 18.4. The van der Waals surface area contributed by atoms with Crippen LogP contribution in [0, 0.1) is 0 Å². The Morgan fingerprint density at radius 2 is 1.77 bits per heavy atom. The van der Waals surface area contributed by atoms with E-state index in [9.17, 15) is 0 Å². The van der Waals surface area contributed by atoms with Crippen molar-refractivity contribution >= 4 is 5.96 Å². The molecule has 0 bridgehead atoms. The molecule has 0 amide bonds. The van der Waals surface area contributed by atoms with E-state index in [2.05, 4.69) is 23.5 Å². The van der Waals surface area contributed by atoms with Crippen LogP contribution in [0.3, 0.4) is 0 Å². The molecule has 5 heteroatoms. The molecule has 0 fully saturated rings. The van der Waals surface area contributed by atoms with Crippen molar-refractivity contribution in [2.75, 3.05) is 34.4 Å². The second kappa shape index (κ2) is 11.2. The maximum absolute atomic E-state index is 5.75. The standard InChI is InChI=1S/C21H29N3O2/c1-24(2)21(22-16-18-9-5-4-6-10-18)23-17-19-11-7-12-20(15-19)26-14-8-13-25-3/h4-7,9-12,15H,8,13-14,16-17H2,1-3H3,(H,22,23). The summed E-state index contributed by atoms with van der Waals surface area (Å²) in [6.07, 6.45) is 0.882. The van der Waals surface area contributed by atoms with Crippen LogP contribution in [0.5, 0.6) is 5.75 Å². The van der Waals surface area contributed by atoms with Crippen LogP contribution in [0.25, 0.3) is 0 Å². The lowest BCUT2D eigenvalue weighted by Gasteiger charge is -2.18. The lowest BCUT2D eigenvalue weighted by atomic mass is 10.2. The first-order valence-electron chi connectivity index (χ1n) is 8.89. The van der Waals surface area contributed by atoms with Gasteiger partial charge in [-0.3, -0.25) is 0 Å². The topological polar surface area (TPSA) is 46.1 Å². The minimum atomic E-state index is 0.602. The minimum absolute atomic E-state index is 0.602. The summed E-state index contributed by atoms with van der Waals surface area (Å²) in [6.45, 7) is 2.72. The van der Waals surface area contributed by atoms with Gasteiger partial charge >= 0.3 is 0 Å². The van der Waals surface area contributed by atoms with Crippen molar-refractivity contribution in [3.05, 3.63) is 65.7 Å². The number of nitrogens with one attached hydrogen (secondary N) is 1. The van der Waals surface area contributed by atoms with E-state index in [0.29, 0.717) is 19.8 Å². The molecule has 0 radical (unpaired) electrons. The number of benzene rings is 2. The predicted molar refractivity (Wildman–Crippen MR) is 107 cm³/mol. The SMILES string of the molecule is COCCCOc1cccc(CN=C(NCc2ccccc2)N(C)C)c1. The largest absolute Gasteiger partial charge is 0.493 e. The molecule has 0 aliphatic carbocycles. The summed E-state index contributed by atoms with van der Waals surface area (Å²) in [5.74, 6) is 1.73. The molecule has 2 rings (SSSR count). The molecule has 0 spiro atoms. The Bertz CT molecular complexity index is 672. The zero-order valence-corrected chi connectivity index (χ0v) is 15.9. The first-order valence-corrected chi connectivity index (χ1v) is 8.89. The fourth-order valence-corrected chi connectivity index (χ4v) is 2.43. The van der Waals surface area contributed by atoms with Gasteiger partial charge in [0.2, 0.25) is 0 Å². The van der Waals surface area contributed by atoms with E-state index in [-0.39, 0.29) is 0 Å². The van der Waals surface area contributed by atoms with E-state index in [1.807, 2.05) is 55.4 Å². The molecule has 26 heavy (non-hydrogen) atoms. The van der Waals surface area contributed by atoms with Gasteiger partial charge in [0.05, 0.1) is 13.2 Å². The molecular formula is C21H29N3O2. The molecule has 0 heterocycles. The quantitative estimate of drug-likeness (QED) is 0.426. The Morgan fingerprint density at radius 3 is 2.50 bits per heavy atom. The molecule has 5 nitrogen and oxygen atoms in total. The third-order valence-corrected chi connectivity index (χ3v) is 3.79. The number of nitrogens with zero attached hydrogens (tertiary/aromatic N) is 2. The summed E-state index contributed by atoms with van der Waals surface area (Å²) in [5.41, 5.74) is 2.35. The molecule has 0 atom stereocenters. The second-order valence-electron chi connectivity index (χ2n) is 6.22. The van der Waals surface area contributed by atoms with Crippen molar-refractivity contribution in [2.24, 2.45) is 4.99 Å². The first-order chi connectivity index (χ1) is 12.7. The predicted octanol–water partition coefficient (Wildman–Crippen LogP) is 3.31. The molecule has 0 aromatic heterocycles. The fraction of sp³-hybridized carbons (Fsp3) is 0.381. The summed E-state index contributed by atoms with van der Waals surface area (Å²) in [5, 5.41) is 3.40. The second-order valence-corrected chi connectivity index (χ2v) is 6.22. The number of hydrogen-bond donors (Lipinski definition) is 1. The number of hydrogen-bond acceptors (Lipinski definition) is 3. The van der Waals surface area contributed by atoms with Gasteiger partial charge in [-0.15, -0.1) is 0 Å². The zero-order chi connectivity index (χ0) is 18.6. The van der Waals surface area contributed by atoms with Gasteiger partial charge in [-0.25, -0.2) is 4.99 Å². The summed E-state index contributed by atoms with van der Waals surface area (Å²) < 4.78 is 10.8. The summed E-state index contributed by atoms with van der Waals surface area (Å²) in [4.78, 5) is 6.71. The van der Waals surface area contributed by atoms with Crippen molar-refractivity contribution < 1.29 is 9.47 Å². The van der Waals surface area contributed by atoms with Crippen LogP contribution in [-0.2, 0) is 17.8 Å². The Kier molecular flexibility index (Phi) is 8.49. The average Bonchev–Trinajstić information content (AvgIpc) is 2.66. The number of guanidine groups is 1. The van der Waals surface area contributed by atoms with Crippen molar-refractivity contribution in [3.63, 3.8) is 0 Å². The summed E-state index contributed by atoms with van der Waals surface area (Å²) >= 11 is 0. The third-order valence-electron chi connectivity index (χ3n) is 3.79. The highest BCUT2D eigenvalue weighted by molar-refractivity contribution is 5.79. The fourth-order valence-electron chi connectivity index (χ4n) is 2.43. The Labute approximate surface area is 156 Å². The van der Waals surface area contributed by atoms with Crippen LogP contribution in [0.2, 0.25) is 0 Å². The molecule has 2 aromatic rings. The van der Waals surface area contributed by atoms with E-state index < -0.39 is 0 Å². The average molecular weight is 355 g/mol. The lowest BCUT2D eigenvalue weighted by molar-refractivity contribution is 0.172. The van der Waals surface area contributed by atoms with Gasteiger partial charge in [0.1, 0.15) is 5.75 Å². The molecule has 0 aliphatic heterocycles. The molecular weight excluding hydrogens is 326 g/mol. The van der Waals surface area contributed by atoms with Crippen molar-refractivity contribution in [1.82, 2.24) is 10.2 Å². The van der Waals surface area contributed by atoms with E-state index >= 15 is 0 Å². The van der Waals surface area contributed by atoms with Crippen LogP contribution in [-0.4, -0.2) is 45.3 Å². The van der Waals surface area contributed by atoms with Crippen LogP contribution in [0.4, 0.5) is 0 Å². The third kappa shape index (κ3) is 7.15. The summed E-state index contributed by atoms with van der Waals surface area (Å²) in [7, 11) is 5.69. The van der Waals surface area contributed by atoms with Crippen LogP contribution in [0.15, 0.2) is 59.6 Å². The van der Waals surface area contributed by atoms with E-state index in [4.69, 9.17) is 14.5 Å². The van der Waals surface area contributed by atoms with Crippen molar-refractivity contribution in [3.8, 4) is 5.75 Å². The van der Waals surface area contributed by atoms with E-state index in [0.717, 1.165) is 30.2 Å². The number of ether oxygens (including phenoxy) is 2. The molecule has 1 N–H and O–H groups in total. The van der Waals surface area contributed by atoms with E-state index in [1.165, 1.54) is 5.56 Å². The lowest BCUT2D eigenvalue weighted by Crippen LogP contribution is -2.36. The van der Waals surface area contributed by atoms with Gasteiger partial charge in [0, 0.05) is 40.8 Å². The van der Waals surface area contributed by atoms with Crippen LogP contribution >= 0.6 is 0 Å². The van der Waals surface area contributed by atoms with Gasteiger partial charge in [-0.05, 0) is 23.3 Å². The monoisotopic (exact) mass is 355 g/mol. The maximum atomic E-state index is 5.75. The number of aliphatic imine (C=N–C) groups is 1. The highest BCUT2D eigenvalue weighted by Gasteiger charge is 2.03. The molecule has 140 valence electrons. The highest BCUT2D eigenvalue weighted by Crippen LogP contribution is 2.14. The van der Waals surface area contributed by atoms with E-state index in [1.54, 1.807) is 7.11 Å². The first kappa shape index (κ1) is 19.8. The molecule has 0 unspecified atom stereocenters. The minimum Gasteiger partial charge on any atom is -0.493 e. The number of methoxy groups -OCH3 is 1. The van der Waals surface area contributed by atoms with Gasteiger partial charge < -0.3 is 19.7 Å². The van der Waals surface area contributed by atoms with Gasteiger partial charge in [-0.1, -0.05) is 42.5 Å². The van der Waals surface area contributed by atoms with Crippen LogP contribution in [0.1, 0.15) is 17.5 Å². The highest BCUT2D eigenvalue weighted by atomic mass is 16.5. The molecule has 2 aromatic carbocycles. The van der Waals surface area contributed by atoms with Crippen molar-refractivity contribution in [1.29, 1.82) is 0 Å². The molecule has 0 saturated heterocycles. The Morgan fingerprint density at radius 1 is 1.00 bits per heavy atom. The van der Waals surface area contributed by atoms with Gasteiger partial charge in [-0.2, -0.15) is 0 Å². The maximum Gasteiger partial charge on any atom is 0.194 e. The van der Waals surface area contributed by atoms with Crippen LogP contribution < -0.4 is 10.1 Å². The Balaban J connectivity index is 1.91. The Hall–Kier alpha value is -2.53. The molecule has 0 saturated carbocycles. The smallest absolute Gasteiger partial charge is 0.194 e. The zero-order valence-electron chi connectivity index (χ0n) is 15.9. The van der Waals surface area contributed by atoms with Gasteiger partial charge in [0.15, 0.2) is 5.96 Å². The van der Waals surface area contributed by atoms with Crippen molar-refractivity contribution in [2.45, 2.75) is 19.5 Å².